The van der Waals surface area contributed by atoms with Gasteiger partial charge in [0.15, 0.2) is 0 Å². The van der Waals surface area contributed by atoms with E-state index in [1.165, 1.54) is 0 Å². The van der Waals surface area contributed by atoms with Crippen molar-refractivity contribution in [2.75, 3.05) is 6.26 Å². The highest BCUT2D eigenvalue weighted by Gasteiger charge is 2.63. The molecule has 0 aromatic heterocycles. The van der Waals surface area contributed by atoms with Gasteiger partial charge in [-0.2, -0.15) is 26.0 Å². The second-order valence-corrected chi connectivity index (χ2v) is 5.38. The fraction of sp³-hybridized carbons (Fsp3) is 0.400. The molecule has 10 heteroatoms. The normalized spacial score (nSPS) is 13.6. The Morgan fingerprint density at radius 2 is 1.50 bits per heavy atom. The Kier molecular flexibility index (Phi) is 4.28. The van der Waals surface area contributed by atoms with E-state index in [-0.39, 0.29) is 0 Å². The number of hydrogen-bond acceptors (Lipinski definition) is 3. The Bertz CT molecular complexity index is 567. The molecule has 1 aromatic carbocycles. The molecule has 0 amide bonds. The van der Waals surface area contributed by atoms with Gasteiger partial charge in [-0.05, 0) is 24.3 Å². The second-order valence-electron chi connectivity index (χ2n) is 3.81. The SMILES string of the molecule is CS(=O)(=O)Oc1ccc(C(F)(F)C(F)(F)C(F)F)cc1. The van der Waals surface area contributed by atoms with Crippen molar-refractivity contribution >= 4 is 10.1 Å². The van der Waals surface area contributed by atoms with Crippen LogP contribution in [0.2, 0.25) is 0 Å². The molecule has 0 atom stereocenters. The van der Waals surface area contributed by atoms with E-state index in [1.807, 2.05) is 0 Å². The number of hydrogen-bond donors (Lipinski definition) is 0. The third-order valence-corrected chi connectivity index (χ3v) is 2.65. The van der Waals surface area contributed by atoms with Crippen LogP contribution >= 0.6 is 0 Å². The van der Waals surface area contributed by atoms with Gasteiger partial charge in [-0.25, -0.2) is 8.78 Å². The van der Waals surface area contributed by atoms with E-state index < -0.39 is 39.7 Å². The van der Waals surface area contributed by atoms with Crippen LogP contribution in [0.4, 0.5) is 26.3 Å². The largest absolute Gasteiger partial charge is 0.383 e. The summed E-state index contributed by atoms with van der Waals surface area (Å²) in [6, 6.07) is 2.09. The lowest BCUT2D eigenvalue weighted by Crippen LogP contribution is -2.44. The summed E-state index contributed by atoms with van der Waals surface area (Å²) in [4.78, 5) is 0. The van der Waals surface area contributed by atoms with Gasteiger partial charge < -0.3 is 4.18 Å². The highest BCUT2D eigenvalue weighted by atomic mass is 32.2. The fourth-order valence-electron chi connectivity index (χ4n) is 1.22. The summed E-state index contributed by atoms with van der Waals surface area (Å²) in [5.41, 5.74) is -1.39. The van der Waals surface area contributed by atoms with Crippen LogP contribution in [-0.4, -0.2) is 27.0 Å². The van der Waals surface area contributed by atoms with Crippen LogP contribution in [-0.2, 0) is 16.0 Å². The van der Waals surface area contributed by atoms with Crippen LogP contribution in [0.5, 0.6) is 5.75 Å². The van der Waals surface area contributed by atoms with Crippen LogP contribution in [0.25, 0.3) is 0 Å². The zero-order valence-corrected chi connectivity index (χ0v) is 10.6. The predicted molar refractivity (Wildman–Crippen MR) is 56.8 cm³/mol. The molecule has 0 saturated heterocycles. The van der Waals surface area contributed by atoms with Gasteiger partial charge >= 0.3 is 28.4 Å². The van der Waals surface area contributed by atoms with Crippen molar-refractivity contribution in [1.82, 2.24) is 0 Å². The van der Waals surface area contributed by atoms with Crippen molar-refractivity contribution < 1.29 is 38.9 Å². The second kappa shape index (κ2) is 5.15. The Hall–Kier alpha value is -1.45. The minimum absolute atomic E-state index is 0.386. The highest BCUT2D eigenvalue weighted by Crippen LogP contribution is 2.46. The first-order valence-corrected chi connectivity index (χ1v) is 6.73. The van der Waals surface area contributed by atoms with Crippen LogP contribution in [0, 0.1) is 0 Å². The molecule has 0 bridgehead atoms. The summed E-state index contributed by atoms with van der Waals surface area (Å²) >= 11 is 0. The lowest BCUT2D eigenvalue weighted by Gasteiger charge is -2.26. The smallest absolute Gasteiger partial charge is 0.373 e. The van der Waals surface area contributed by atoms with Gasteiger partial charge in [0, 0.05) is 5.56 Å². The first kappa shape index (κ1) is 16.6. The first-order valence-electron chi connectivity index (χ1n) is 4.91. The molecule has 0 aliphatic carbocycles. The van der Waals surface area contributed by atoms with Crippen molar-refractivity contribution in [2.45, 2.75) is 18.3 Å². The molecular weight excluding hydrogens is 314 g/mol. The maximum Gasteiger partial charge on any atom is 0.373 e. The quantitative estimate of drug-likeness (QED) is 0.618. The average molecular weight is 322 g/mol. The maximum absolute atomic E-state index is 13.3. The van der Waals surface area contributed by atoms with Crippen molar-refractivity contribution in [3.8, 4) is 5.75 Å². The molecule has 1 rings (SSSR count). The van der Waals surface area contributed by atoms with Crippen LogP contribution in [0.15, 0.2) is 24.3 Å². The molecule has 20 heavy (non-hydrogen) atoms. The topological polar surface area (TPSA) is 43.4 Å². The summed E-state index contributed by atoms with van der Waals surface area (Å²) in [6.07, 6.45) is -3.87. The van der Waals surface area contributed by atoms with Crippen LogP contribution < -0.4 is 4.18 Å². The van der Waals surface area contributed by atoms with Gasteiger partial charge in [-0.15, -0.1) is 0 Å². The van der Waals surface area contributed by atoms with E-state index in [0.717, 1.165) is 0 Å². The van der Waals surface area contributed by atoms with Crippen molar-refractivity contribution in [3.05, 3.63) is 29.8 Å². The number of rotatable bonds is 5. The summed E-state index contributed by atoms with van der Waals surface area (Å²) < 4.78 is 102. The lowest BCUT2D eigenvalue weighted by molar-refractivity contribution is -0.270. The summed E-state index contributed by atoms with van der Waals surface area (Å²) in [5.74, 6) is -11.1. The highest BCUT2D eigenvalue weighted by molar-refractivity contribution is 7.86. The Labute approximate surface area is 110 Å². The van der Waals surface area contributed by atoms with Crippen LogP contribution in [0.3, 0.4) is 0 Å². The van der Waals surface area contributed by atoms with E-state index in [2.05, 4.69) is 4.18 Å². The predicted octanol–water partition coefficient (Wildman–Crippen LogP) is 3.02. The zero-order chi connectivity index (χ0) is 15.8. The molecule has 1 aromatic rings. The zero-order valence-electron chi connectivity index (χ0n) is 9.79. The van der Waals surface area contributed by atoms with Gasteiger partial charge in [0.25, 0.3) is 0 Å². The Morgan fingerprint density at radius 3 is 1.85 bits per heavy atom. The molecule has 0 heterocycles. The van der Waals surface area contributed by atoms with E-state index in [0.29, 0.717) is 30.5 Å². The molecule has 0 radical (unpaired) electrons. The first-order chi connectivity index (χ1) is 8.88. The standard InChI is InChI=1S/C10H8F6O3S/c1-20(17,18)19-7-4-2-6(3-5-7)9(13,14)10(15,16)8(11)12/h2-5,8H,1H3. The van der Waals surface area contributed by atoms with Gasteiger partial charge in [0.2, 0.25) is 0 Å². The van der Waals surface area contributed by atoms with Gasteiger partial charge in [0.05, 0.1) is 6.26 Å². The van der Waals surface area contributed by atoms with Crippen molar-refractivity contribution in [2.24, 2.45) is 0 Å². The Balaban J connectivity index is 3.10. The molecule has 0 aliphatic rings. The minimum Gasteiger partial charge on any atom is -0.383 e. The molecular formula is C10H8F6O3S. The lowest BCUT2D eigenvalue weighted by atomic mass is 10.0. The third kappa shape index (κ3) is 3.35. The summed E-state index contributed by atoms with van der Waals surface area (Å²) in [6.45, 7) is 0. The monoisotopic (exact) mass is 322 g/mol. The van der Waals surface area contributed by atoms with E-state index in [1.54, 1.807) is 0 Å². The van der Waals surface area contributed by atoms with E-state index >= 15 is 0 Å². The van der Waals surface area contributed by atoms with Gasteiger partial charge in [-0.3, -0.25) is 0 Å². The molecule has 0 aliphatic heterocycles. The van der Waals surface area contributed by atoms with Crippen molar-refractivity contribution in [3.63, 3.8) is 0 Å². The molecule has 0 spiro atoms. The molecule has 0 N–H and O–H groups in total. The molecule has 3 nitrogen and oxygen atoms in total. The van der Waals surface area contributed by atoms with E-state index in [4.69, 9.17) is 0 Å². The van der Waals surface area contributed by atoms with Gasteiger partial charge in [-0.1, -0.05) is 0 Å². The summed E-state index contributed by atoms with van der Waals surface area (Å²) in [5, 5.41) is 0. The van der Waals surface area contributed by atoms with Crippen molar-refractivity contribution in [1.29, 1.82) is 0 Å². The maximum atomic E-state index is 13.3. The average Bonchev–Trinajstić information content (AvgIpc) is 2.27. The number of halogens is 6. The fourth-order valence-corrected chi connectivity index (χ4v) is 1.68. The molecule has 0 saturated carbocycles. The minimum atomic E-state index is -5.55. The third-order valence-electron chi connectivity index (χ3n) is 2.16. The summed E-state index contributed by atoms with van der Waals surface area (Å²) in [7, 11) is -3.92. The van der Waals surface area contributed by atoms with E-state index in [9.17, 15) is 34.8 Å². The van der Waals surface area contributed by atoms with Gasteiger partial charge in [0.1, 0.15) is 5.75 Å². The Morgan fingerprint density at radius 1 is 1.05 bits per heavy atom. The number of benzene rings is 1. The molecule has 0 unspecified atom stereocenters. The molecule has 0 fully saturated rings. The number of alkyl halides is 6. The van der Waals surface area contributed by atoms with Crippen LogP contribution in [0.1, 0.15) is 5.56 Å². The molecule has 114 valence electrons.